The zero-order chi connectivity index (χ0) is 12.0. The number of piperidine rings is 1. The second-order valence-corrected chi connectivity index (χ2v) is 7.32. The average Bonchev–Trinajstić information content (AvgIpc) is 3.04. The molecule has 2 aliphatic rings. The zero-order valence-electron chi connectivity index (χ0n) is 9.43. The molecular formula is C12H15BrN2OS. The number of carbonyl (C=O) groups is 1. The molecule has 1 saturated heterocycles. The summed E-state index contributed by atoms with van der Waals surface area (Å²) in [5, 5.41) is 0. The summed E-state index contributed by atoms with van der Waals surface area (Å²) in [6, 6.07) is 4.75. The van der Waals surface area contributed by atoms with Crippen LogP contribution in [-0.4, -0.2) is 22.9 Å². The molecule has 2 fully saturated rings. The molecule has 3 nitrogen and oxygen atoms in total. The molecule has 1 aliphatic carbocycles. The summed E-state index contributed by atoms with van der Waals surface area (Å²) in [6.45, 7) is 0. The molecule has 2 N–H and O–H groups in total. The molecular weight excluding hydrogens is 300 g/mol. The van der Waals surface area contributed by atoms with Gasteiger partial charge >= 0.3 is 0 Å². The number of thiophene rings is 1. The fourth-order valence-corrected chi connectivity index (χ4v) is 4.16. The fourth-order valence-electron chi connectivity index (χ4n) is 2.56. The fraction of sp³-hybridized carbons (Fsp3) is 0.583. The van der Waals surface area contributed by atoms with Crippen molar-refractivity contribution in [2.45, 2.75) is 43.8 Å². The molecule has 0 aromatic carbocycles. The standard InChI is InChI=1S/C12H15BrN2OS/c13-10-5-4-9(17-10)12-8(14)3-6-11(16)15(12)7-1-2-7/h4-5,7-8,12H,1-3,6,14H2. The molecule has 1 amide bonds. The van der Waals surface area contributed by atoms with E-state index in [0.29, 0.717) is 12.5 Å². The maximum Gasteiger partial charge on any atom is 0.223 e. The molecule has 2 atom stereocenters. The van der Waals surface area contributed by atoms with Gasteiger partial charge in [0.05, 0.1) is 9.83 Å². The Bertz CT molecular complexity index is 443. The second kappa shape index (κ2) is 4.37. The first-order valence-corrected chi connectivity index (χ1v) is 7.60. The molecule has 3 rings (SSSR count). The smallest absolute Gasteiger partial charge is 0.223 e. The first-order valence-electron chi connectivity index (χ1n) is 5.99. The number of rotatable bonds is 2. The van der Waals surface area contributed by atoms with Gasteiger partial charge in [0.25, 0.3) is 0 Å². The maximum atomic E-state index is 12.1. The molecule has 5 heteroatoms. The van der Waals surface area contributed by atoms with Crippen LogP contribution in [0.15, 0.2) is 15.9 Å². The number of carbonyl (C=O) groups excluding carboxylic acids is 1. The van der Waals surface area contributed by atoms with Crippen molar-refractivity contribution in [2.75, 3.05) is 0 Å². The van der Waals surface area contributed by atoms with E-state index in [2.05, 4.69) is 22.0 Å². The molecule has 2 heterocycles. The Morgan fingerprint density at radius 2 is 2.12 bits per heavy atom. The van der Waals surface area contributed by atoms with Gasteiger partial charge in [-0.2, -0.15) is 0 Å². The van der Waals surface area contributed by atoms with E-state index >= 15 is 0 Å². The van der Waals surface area contributed by atoms with Crippen LogP contribution < -0.4 is 5.73 Å². The van der Waals surface area contributed by atoms with E-state index < -0.39 is 0 Å². The van der Waals surface area contributed by atoms with Gasteiger partial charge in [0.1, 0.15) is 0 Å². The van der Waals surface area contributed by atoms with Crippen LogP contribution in [0.1, 0.15) is 36.6 Å². The van der Waals surface area contributed by atoms with Crippen LogP contribution in [0, 0.1) is 0 Å². The predicted octanol–water partition coefficient (Wildman–Crippen LogP) is 2.66. The van der Waals surface area contributed by atoms with Gasteiger partial charge in [0, 0.05) is 23.4 Å². The number of nitrogens with two attached hydrogens (primary N) is 1. The number of likely N-dealkylation sites (tertiary alicyclic amines) is 1. The van der Waals surface area contributed by atoms with Crippen LogP contribution in [0.4, 0.5) is 0 Å². The molecule has 0 spiro atoms. The Morgan fingerprint density at radius 1 is 1.35 bits per heavy atom. The molecule has 0 radical (unpaired) electrons. The van der Waals surface area contributed by atoms with Crippen LogP contribution in [0.25, 0.3) is 0 Å². The number of nitrogens with zero attached hydrogens (tertiary/aromatic N) is 1. The summed E-state index contributed by atoms with van der Waals surface area (Å²) in [5.74, 6) is 0.281. The maximum absolute atomic E-state index is 12.1. The highest BCUT2D eigenvalue weighted by molar-refractivity contribution is 9.11. The number of amides is 1. The van der Waals surface area contributed by atoms with E-state index in [1.54, 1.807) is 11.3 Å². The molecule has 92 valence electrons. The van der Waals surface area contributed by atoms with Gasteiger partial charge in [-0.3, -0.25) is 4.79 Å². The van der Waals surface area contributed by atoms with E-state index in [1.807, 2.05) is 11.0 Å². The van der Waals surface area contributed by atoms with Crippen molar-refractivity contribution < 1.29 is 4.79 Å². The highest BCUT2D eigenvalue weighted by atomic mass is 79.9. The lowest BCUT2D eigenvalue weighted by molar-refractivity contribution is -0.138. The van der Waals surface area contributed by atoms with Gasteiger partial charge in [-0.15, -0.1) is 11.3 Å². The lowest BCUT2D eigenvalue weighted by Crippen LogP contribution is -2.49. The van der Waals surface area contributed by atoms with Crippen molar-refractivity contribution in [3.63, 3.8) is 0 Å². The molecule has 2 unspecified atom stereocenters. The average molecular weight is 315 g/mol. The molecule has 1 saturated carbocycles. The van der Waals surface area contributed by atoms with E-state index in [4.69, 9.17) is 5.73 Å². The van der Waals surface area contributed by atoms with Crippen molar-refractivity contribution in [2.24, 2.45) is 5.73 Å². The summed E-state index contributed by atoms with van der Waals surface area (Å²) >= 11 is 5.17. The largest absolute Gasteiger partial charge is 0.330 e. The summed E-state index contributed by atoms with van der Waals surface area (Å²) in [4.78, 5) is 15.3. The Balaban J connectivity index is 1.94. The minimum Gasteiger partial charge on any atom is -0.330 e. The van der Waals surface area contributed by atoms with Crippen molar-refractivity contribution in [3.05, 3.63) is 20.8 Å². The minimum absolute atomic E-state index is 0.0823. The third kappa shape index (κ3) is 2.16. The summed E-state index contributed by atoms with van der Waals surface area (Å²) in [6.07, 6.45) is 3.70. The molecule has 1 aliphatic heterocycles. The molecule has 1 aromatic rings. The van der Waals surface area contributed by atoms with E-state index in [0.717, 1.165) is 23.0 Å². The van der Waals surface area contributed by atoms with E-state index in [1.165, 1.54) is 4.88 Å². The Morgan fingerprint density at radius 3 is 2.71 bits per heavy atom. The first-order chi connectivity index (χ1) is 8.16. The highest BCUT2D eigenvalue weighted by Gasteiger charge is 2.43. The SMILES string of the molecule is NC1CCC(=O)N(C2CC2)C1c1ccc(Br)s1. The van der Waals surface area contributed by atoms with Crippen LogP contribution in [0.2, 0.25) is 0 Å². The van der Waals surface area contributed by atoms with Crippen LogP contribution in [0.3, 0.4) is 0 Å². The predicted molar refractivity (Wildman–Crippen MR) is 71.8 cm³/mol. The normalized spacial score (nSPS) is 29.8. The summed E-state index contributed by atoms with van der Waals surface area (Å²) in [5.41, 5.74) is 6.24. The Hall–Kier alpha value is -0.390. The van der Waals surface area contributed by atoms with Crippen molar-refractivity contribution in [1.82, 2.24) is 4.90 Å². The van der Waals surface area contributed by atoms with Gasteiger partial charge < -0.3 is 10.6 Å². The number of halogens is 1. The van der Waals surface area contributed by atoms with Crippen LogP contribution >= 0.6 is 27.3 Å². The topological polar surface area (TPSA) is 46.3 Å². The lowest BCUT2D eigenvalue weighted by Gasteiger charge is -2.39. The Kier molecular flexibility index (Phi) is 3.00. The number of hydrogen-bond donors (Lipinski definition) is 1. The lowest BCUT2D eigenvalue weighted by atomic mass is 9.95. The van der Waals surface area contributed by atoms with Crippen molar-refractivity contribution in [3.8, 4) is 0 Å². The first kappa shape index (κ1) is 11.7. The van der Waals surface area contributed by atoms with Gasteiger partial charge in [-0.25, -0.2) is 0 Å². The number of hydrogen-bond acceptors (Lipinski definition) is 3. The molecule has 17 heavy (non-hydrogen) atoms. The van der Waals surface area contributed by atoms with Gasteiger partial charge in [-0.05, 0) is 47.3 Å². The van der Waals surface area contributed by atoms with Gasteiger partial charge in [0.15, 0.2) is 0 Å². The third-order valence-corrected chi connectivity index (χ3v) is 5.20. The quantitative estimate of drug-likeness (QED) is 0.912. The second-order valence-electron chi connectivity index (χ2n) is 4.82. The molecule has 1 aromatic heterocycles. The monoisotopic (exact) mass is 314 g/mol. The third-order valence-electron chi connectivity index (χ3n) is 3.51. The van der Waals surface area contributed by atoms with Gasteiger partial charge in [-0.1, -0.05) is 0 Å². The van der Waals surface area contributed by atoms with Crippen molar-refractivity contribution >= 4 is 33.2 Å². The highest BCUT2D eigenvalue weighted by Crippen LogP contribution is 2.42. The summed E-state index contributed by atoms with van der Waals surface area (Å²) in [7, 11) is 0. The van der Waals surface area contributed by atoms with E-state index in [9.17, 15) is 4.79 Å². The Labute approximate surface area is 113 Å². The van der Waals surface area contributed by atoms with Gasteiger partial charge in [0.2, 0.25) is 5.91 Å². The summed E-state index contributed by atoms with van der Waals surface area (Å²) < 4.78 is 1.11. The minimum atomic E-state index is 0.0823. The zero-order valence-corrected chi connectivity index (χ0v) is 11.8. The van der Waals surface area contributed by atoms with Crippen LogP contribution in [0.5, 0.6) is 0 Å². The van der Waals surface area contributed by atoms with Crippen LogP contribution in [-0.2, 0) is 4.79 Å². The molecule has 0 bridgehead atoms. The van der Waals surface area contributed by atoms with E-state index in [-0.39, 0.29) is 18.0 Å². The van der Waals surface area contributed by atoms with Crippen molar-refractivity contribution in [1.29, 1.82) is 0 Å².